The van der Waals surface area contributed by atoms with Gasteiger partial charge in [-0.25, -0.2) is 0 Å². The van der Waals surface area contributed by atoms with Crippen molar-refractivity contribution in [2.75, 3.05) is 0 Å². The Hall–Kier alpha value is 0. The standard InChI is InChI=1S/C18H38/c1-6-7-8-12-17(4)14-10-15-18(5)13-9-11-16(2)3/h16-18H,6-15H2,1-5H3/t17-,18?/m1/s1. The van der Waals surface area contributed by atoms with E-state index in [4.69, 9.17) is 0 Å². The molecule has 0 aliphatic rings. The van der Waals surface area contributed by atoms with Crippen LogP contribution in [0.1, 0.15) is 98.8 Å². The van der Waals surface area contributed by atoms with E-state index in [-0.39, 0.29) is 0 Å². The summed E-state index contributed by atoms with van der Waals surface area (Å²) in [5.74, 6) is 2.79. The van der Waals surface area contributed by atoms with Gasteiger partial charge >= 0.3 is 0 Å². The Morgan fingerprint density at radius 3 is 1.44 bits per heavy atom. The van der Waals surface area contributed by atoms with Crippen molar-refractivity contribution >= 4 is 0 Å². The maximum Gasteiger partial charge on any atom is -0.0443 e. The normalized spacial score (nSPS) is 15.0. The van der Waals surface area contributed by atoms with Gasteiger partial charge in [-0.2, -0.15) is 0 Å². The molecule has 0 aromatic carbocycles. The molecule has 0 spiro atoms. The summed E-state index contributed by atoms with van der Waals surface area (Å²) in [6.45, 7) is 11.9. The van der Waals surface area contributed by atoms with E-state index < -0.39 is 0 Å². The van der Waals surface area contributed by atoms with Gasteiger partial charge in [-0.1, -0.05) is 98.8 Å². The Morgan fingerprint density at radius 2 is 1.00 bits per heavy atom. The van der Waals surface area contributed by atoms with Gasteiger partial charge in [0.1, 0.15) is 0 Å². The summed E-state index contributed by atoms with van der Waals surface area (Å²) >= 11 is 0. The predicted octanol–water partition coefficient (Wildman–Crippen LogP) is 6.84. The van der Waals surface area contributed by atoms with E-state index in [2.05, 4.69) is 34.6 Å². The molecule has 0 aliphatic heterocycles. The molecular formula is C18H38. The van der Waals surface area contributed by atoms with Crippen molar-refractivity contribution in [1.29, 1.82) is 0 Å². The first-order valence-corrected chi connectivity index (χ1v) is 8.56. The molecule has 0 amide bonds. The predicted molar refractivity (Wildman–Crippen MR) is 85.0 cm³/mol. The Balaban J connectivity index is 3.35. The van der Waals surface area contributed by atoms with Crippen LogP contribution in [-0.2, 0) is 0 Å². The van der Waals surface area contributed by atoms with Crippen molar-refractivity contribution in [3.63, 3.8) is 0 Å². The minimum atomic E-state index is 0.885. The molecule has 1 unspecified atom stereocenters. The van der Waals surface area contributed by atoms with Gasteiger partial charge in [0, 0.05) is 0 Å². The number of rotatable bonds is 12. The fourth-order valence-corrected chi connectivity index (χ4v) is 2.72. The lowest BCUT2D eigenvalue weighted by molar-refractivity contribution is 0.387. The van der Waals surface area contributed by atoms with Gasteiger partial charge in [-0.05, 0) is 17.8 Å². The molecular weight excluding hydrogens is 216 g/mol. The highest BCUT2D eigenvalue weighted by molar-refractivity contribution is 4.59. The van der Waals surface area contributed by atoms with Crippen molar-refractivity contribution in [3.05, 3.63) is 0 Å². The summed E-state index contributed by atoms with van der Waals surface area (Å²) in [4.78, 5) is 0. The lowest BCUT2D eigenvalue weighted by Gasteiger charge is -2.14. The second kappa shape index (κ2) is 12.1. The number of unbranched alkanes of at least 4 members (excludes halogenated alkanes) is 2. The van der Waals surface area contributed by atoms with Crippen LogP contribution in [0.2, 0.25) is 0 Å². The molecule has 0 aromatic rings. The van der Waals surface area contributed by atoms with Gasteiger partial charge < -0.3 is 0 Å². The molecule has 110 valence electrons. The van der Waals surface area contributed by atoms with Crippen molar-refractivity contribution in [1.82, 2.24) is 0 Å². The minimum Gasteiger partial charge on any atom is -0.0654 e. The van der Waals surface area contributed by atoms with Gasteiger partial charge in [-0.3, -0.25) is 0 Å². The fraction of sp³-hybridized carbons (Fsp3) is 1.00. The summed E-state index contributed by atoms with van der Waals surface area (Å²) in [5.41, 5.74) is 0. The molecule has 2 atom stereocenters. The van der Waals surface area contributed by atoms with Crippen molar-refractivity contribution in [2.24, 2.45) is 17.8 Å². The average molecular weight is 255 g/mol. The van der Waals surface area contributed by atoms with Gasteiger partial charge in [-0.15, -0.1) is 0 Å². The number of hydrogen-bond donors (Lipinski definition) is 0. The second-order valence-corrected chi connectivity index (χ2v) is 6.96. The Morgan fingerprint density at radius 1 is 0.556 bits per heavy atom. The van der Waals surface area contributed by atoms with E-state index in [0.717, 1.165) is 17.8 Å². The molecule has 18 heavy (non-hydrogen) atoms. The van der Waals surface area contributed by atoms with Gasteiger partial charge in [0.05, 0.1) is 0 Å². The Bertz CT molecular complexity index is 159. The molecule has 0 aliphatic carbocycles. The van der Waals surface area contributed by atoms with E-state index in [1.807, 2.05) is 0 Å². The minimum absolute atomic E-state index is 0.885. The van der Waals surface area contributed by atoms with E-state index >= 15 is 0 Å². The van der Waals surface area contributed by atoms with Crippen LogP contribution in [0.3, 0.4) is 0 Å². The molecule has 0 bridgehead atoms. The first kappa shape index (κ1) is 18.0. The first-order chi connectivity index (χ1) is 8.56. The van der Waals surface area contributed by atoms with Crippen LogP contribution in [0, 0.1) is 17.8 Å². The molecule has 0 heterocycles. The number of hydrogen-bond acceptors (Lipinski definition) is 0. The summed E-state index contributed by atoms with van der Waals surface area (Å²) in [6, 6.07) is 0. The summed E-state index contributed by atoms with van der Waals surface area (Å²) in [6.07, 6.45) is 14.3. The van der Waals surface area contributed by atoms with Crippen molar-refractivity contribution < 1.29 is 0 Å². The molecule has 0 saturated heterocycles. The van der Waals surface area contributed by atoms with Crippen LogP contribution in [0.5, 0.6) is 0 Å². The highest BCUT2D eigenvalue weighted by Crippen LogP contribution is 2.21. The topological polar surface area (TPSA) is 0 Å². The lowest BCUT2D eigenvalue weighted by Crippen LogP contribution is -2.00. The lowest BCUT2D eigenvalue weighted by atomic mass is 9.92. The van der Waals surface area contributed by atoms with Gasteiger partial charge in [0.2, 0.25) is 0 Å². The summed E-state index contributed by atoms with van der Waals surface area (Å²) < 4.78 is 0. The largest absolute Gasteiger partial charge is 0.0654 e. The first-order valence-electron chi connectivity index (χ1n) is 8.56. The van der Waals surface area contributed by atoms with Crippen LogP contribution in [-0.4, -0.2) is 0 Å². The molecule has 0 heteroatoms. The van der Waals surface area contributed by atoms with E-state index in [9.17, 15) is 0 Å². The summed E-state index contributed by atoms with van der Waals surface area (Å²) in [7, 11) is 0. The van der Waals surface area contributed by atoms with Crippen LogP contribution in [0.15, 0.2) is 0 Å². The van der Waals surface area contributed by atoms with E-state index in [0.29, 0.717) is 0 Å². The van der Waals surface area contributed by atoms with Crippen LogP contribution in [0.4, 0.5) is 0 Å². The van der Waals surface area contributed by atoms with Crippen LogP contribution < -0.4 is 0 Å². The van der Waals surface area contributed by atoms with E-state index in [1.54, 1.807) is 0 Å². The molecule has 0 N–H and O–H groups in total. The Labute approximate surface area is 117 Å². The zero-order chi connectivity index (χ0) is 13.8. The SMILES string of the molecule is CCCCC[C@@H](C)CCCC(C)CCCC(C)C. The molecule has 0 saturated carbocycles. The van der Waals surface area contributed by atoms with Crippen molar-refractivity contribution in [2.45, 2.75) is 98.8 Å². The zero-order valence-corrected chi connectivity index (χ0v) is 13.8. The monoisotopic (exact) mass is 254 g/mol. The molecule has 0 nitrogen and oxygen atoms in total. The maximum atomic E-state index is 2.45. The molecule has 0 aromatic heterocycles. The van der Waals surface area contributed by atoms with Gasteiger partial charge in [0.15, 0.2) is 0 Å². The van der Waals surface area contributed by atoms with Gasteiger partial charge in [0.25, 0.3) is 0 Å². The smallest absolute Gasteiger partial charge is 0.0443 e. The third kappa shape index (κ3) is 12.5. The average Bonchev–Trinajstić information content (AvgIpc) is 2.29. The van der Waals surface area contributed by atoms with Crippen LogP contribution >= 0.6 is 0 Å². The molecule has 0 rings (SSSR count). The van der Waals surface area contributed by atoms with Crippen molar-refractivity contribution in [3.8, 4) is 0 Å². The highest BCUT2D eigenvalue weighted by Gasteiger charge is 2.06. The Kier molecular flexibility index (Phi) is 12.1. The van der Waals surface area contributed by atoms with Crippen LogP contribution in [0.25, 0.3) is 0 Å². The third-order valence-corrected chi connectivity index (χ3v) is 4.17. The maximum absolute atomic E-state index is 2.45. The second-order valence-electron chi connectivity index (χ2n) is 6.96. The molecule has 0 fully saturated rings. The molecule has 0 radical (unpaired) electrons. The fourth-order valence-electron chi connectivity index (χ4n) is 2.72. The third-order valence-electron chi connectivity index (χ3n) is 4.17. The van der Waals surface area contributed by atoms with E-state index in [1.165, 1.54) is 64.2 Å². The highest BCUT2D eigenvalue weighted by atomic mass is 14.1. The summed E-state index contributed by atoms with van der Waals surface area (Å²) in [5, 5.41) is 0. The quantitative estimate of drug-likeness (QED) is 0.335. The zero-order valence-electron chi connectivity index (χ0n) is 13.8.